The minimum absolute atomic E-state index is 0.0425. The van der Waals surface area contributed by atoms with Gasteiger partial charge < -0.3 is 14.7 Å². The zero-order chi connectivity index (χ0) is 26.2. The fourth-order valence-corrected chi connectivity index (χ4v) is 4.59. The monoisotopic (exact) mass is 484 g/mol. The molecule has 1 aromatic heterocycles. The molecule has 36 heavy (non-hydrogen) atoms. The van der Waals surface area contributed by atoms with Crippen molar-refractivity contribution in [3.05, 3.63) is 99.9 Å². The summed E-state index contributed by atoms with van der Waals surface area (Å²) >= 11 is 0. The van der Waals surface area contributed by atoms with Crippen LogP contribution in [0.1, 0.15) is 60.2 Å². The summed E-state index contributed by atoms with van der Waals surface area (Å²) in [7, 11) is 1.52. The highest BCUT2D eigenvalue weighted by atomic mass is 16.5. The molecule has 0 aliphatic carbocycles. The van der Waals surface area contributed by atoms with E-state index in [4.69, 9.17) is 4.74 Å². The lowest BCUT2D eigenvalue weighted by Gasteiger charge is -2.26. The van der Waals surface area contributed by atoms with Crippen LogP contribution in [0.25, 0.3) is 5.76 Å². The molecule has 0 radical (unpaired) electrons. The SMILES string of the molecule is COc1ccc(C(C)(C)C)cc1/C(O)=C1\C(=O)C(=O)N(Cc2cc(C)ccc2C)C1c1ccncc1. The summed E-state index contributed by atoms with van der Waals surface area (Å²) in [4.78, 5) is 32.5. The Balaban J connectivity index is 1.93. The number of hydrogen-bond donors (Lipinski definition) is 1. The van der Waals surface area contributed by atoms with Crippen LogP contribution in [0.5, 0.6) is 5.75 Å². The first-order valence-corrected chi connectivity index (χ1v) is 12.0. The zero-order valence-corrected chi connectivity index (χ0v) is 21.6. The standard InChI is InChI=1S/C30H32N2O4/c1-18-7-8-19(2)21(15-18)17-32-26(20-11-13-31-14-12-20)25(28(34)29(32)35)27(33)23-16-22(30(3,4)5)9-10-24(23)36-6/h7-16,26,33H,17H2,1-6H3/b27-25+. The molecule has 0 bridgehead atoms. The van der Waals surface area contributed by atoms with E-state index >= 15 is 0 Å². The van der Waals surface area contributed by atoms with Gasteiger partial charge in [-0.25, -0.2) is 0 Å². The normalized spacial score (nSPS) is 17.5. The van der Waals surface area contributed by atoms with E-state index in [1.165, 1.54) is 12.0 Å². The van der Waals surface area contributed by atoms with Crippen LogP contribution in [-0.4, -0.2) is 33.8 Å². The van der Waals surface area contributed by atoms with E-state index in [0.717, 1.165) is 22.3 Å². The molecule has 3 aromatic rings. The summed E-state index contributed by atoms with van der Waals surface area (Å²) < 4.78 is 5.53. The second kappa shape index (κ2) is 9.61. The minimum atomic E-state index is -0.768. The topological polar surface area (TPSA) is 79.7 Å². The Morgan fingerprint density at radius 3 is 2.36 bits per heavy atom. The van der Waals surface area contributed by atoms with E-state index in [9.17, 15) is 14.7 Å². The number of Topliss-reactive ketones (excluding diaryl/α,β-unsaturated/α-hetero) is 1. The molecule has 1 unspecified atom stereocenters. The highest BCUT2D eigenvalue weighted by Gasteiger charge is 2.46. The molecule has 1 aliphatic heterocycles. The number of nitrogens with zero attached hydrogens (tertiary/aromatic N) is 2. The number of aliphatic hydroxyl groups excluding tert-OH is 1. The average Bonchev–Trinajstić information content (AvgIpc) is 3.10. The van der Waals surface area contributed by atoms with Crippen molar-refractivity contribution in [1.82, 2.24) is 9.88 Å². The quantitative estimate of drug-likeness (QED) is 0.289. The first-order valence-electron chi connectivity index (χ1n) is 12.0. The summed E-state index contributed by atoms with van der Waals surface area (Å²) in [5.74, 6) is -1.19. The maximum absolute atomic E-state index is 13.5. The summed E-state index contributed by atoms with van der Waals surface area (Å²) in [6.07, 6.45) is 3.24. The molecule has 2 heterocycles. The second-order valence-corrected chi connectivity index (χ2v) is 10.3. The van der Waals surface area contributed by atoms with Crippen LogP contribution in [-0.2, 0) is 21.5 Å². The van der Waals surface area contributed by atoms with Crippen LogP contribution in [0.2, 0.25) is 0 Å². The largest absolute Gasteiger partial charge is 0.507 e. The number of benzene rings is 2. The van der Waals surface area contributed by atoms with Crippen LogP contribution in [0.15, 0.2) is 66.5 Å². The molecule has 6 heteroatoms. The number of carbonyl (C=O) groups is 2. The molecule has 2 aromatic carbocycles. The third kappa shape index (κ3) is 4.63. The smallest absolute Gasteiger partial charge is 0.295 e. The average molecular weight is 485 g/mol. The Morgan fingerprint density at radius 1 is 1.03 bits per heavy atom. The van der Waals surface area contributed by atoms with Gasteiger partial charge in [-0.15, -0.1) is 0 Å². The fraction of sp³-hybridized carbons (Fsp3) is 0.300. The van der Waals surface area contributed by atoms with E-state index in [1.54, 1.807) is 30.6 Å². The molecule has 1 saturated heterocycles. The van der Waals surface area contributed by atoms with Gasteiger partial charge in [0.2, 0.25) is 0 Å². The first kappa shape index (κ1) is 25.2. The molecule has 0 saturated carbocycles. The van der Waals surface area contributed by atoms with E-state index < -0.39 is 17.7 Å². The van der Waals surface area contributed by atoms with Crippen molar-refractivity contribution in [3.63, 3.8) is 0 Å². The number of amides is 1. The third-order valence-corrected chi connectivity index (χ3v) is 6.73. The summed E-state index contributed by atoms with van der Waals surface area (Å²) in [5.41, 5.74) is 4.93. The first-order chi connectivity index (χ1) is 17.0. The predicted octanol–water partition coefficient (Wildman–Crippen LogP) is 5.63. The van der Waals surface area contributed by atoms with E-state index in [2.05, 4.69) is 25.8 Å². The van der Waals surface area contributed by atoms with E-state index in [-0.39, 0.29) is 23.3 Å². The molecule has 1 amide bonds. The van der Waals surface area contributed by atoms with Gasteiger partial charge in [0, 0.05) is 18.9 Å². The van der Waals surface area contributed by atoms with Crippen LogP contribution < -0.4 is 4.74 Å². The van der Waals surface area contributed by atoms with Crippen molar-refractivity contribution in [3.8, 4) is 5.75 Å². The Hall–Kier alpha value is -3.93. The Bertz CT molecular complexity index is 1350. The van der Waals surface area contributed by atoms with Crippen molar-refractivity contribution >= 4 is 17.4 Å². The number of ether oxygens (including phenoxy) is 1. The van der Waals surface area contributed by atoms with Crippen molar-refractivity contribution in [2.24, 2.45) is 0 Å². The number of aryl methyl sites for hydroxylation is 2. The lowest BCUT2D eigenvalue weighted by Crippen LogP contribution is -2.29. The van der Waals surface area contributed by atoms with Gasteiger partial charge in [-0.1, -0.05) is 50.6 Å². The molecule has 6 nitrogen and oxygen atoms in total. The maximum Gasteiger partial charge on any atom is 0.295 e. The molecular formula is C30H32N2O4. The lowest BCUT2D eigenvalue weighted by atomic mass is 9.85. The number of likely N-dealkylation sites (tertiary alicyclic amines) is 1. The van der Waals surface area contributed by atoms with Gasteiger partial charge in [0.15, 0.2) is 0 Å². The second-order valence-electron chi connectivity index (χ2n) is 10.3. The van der Waals surface area contributed by atoms with Crippen LogP contribution >= 0.6 is 0 Å². The molecular weight excluding hydrogens is 452 g/mol. The fourth-order valence-electron chi connectivity index (χ4n) is 4.59. The number of ketones is 1. The molecule has 1 aliphatic rings. The van der Waals surface area contributed by atoms with Gasteiger partial charge in [-0.3, -0.25) is 14.6 Å². The summed E-state index contributed by atoms with van der Waals surface area (Å²) in [6, 6.07) is 14.4. The van der Waals surface area contributed by atoms with Gasteiger partial charge in [-0.2, -0.15) is 0 Å². The number of aliphatic hydroxyl groups is 1. The Morgan fingerprint density at radius 2 is 1.72 bits per heavy atom. The van der Waals surface area contributed by atoms with Gasteiger partial charge in [-0.05, 0) is 65.8 Å². The predicted molar refractivity (Wildman–Crippen MR) is 140 cm³/mol. The Kier molecular flexibility index (Phi) is 6.72. The van der Waals surface area contributed by atoms with Crippen LogP contribution in [0, 0.1) is 13.8 Å². The summed E-state index contributed by atoms with van der Waals surface area (Å²) in [6.45, 7) is 10.4. The van der Waals surface area contributed by atoms with Crippen molar-refractivity contribution in [1.29, 1.82) is 0 Å². The number of carbonyl (C=O) groups excluding carboxylic acids is 2. The zero-order valence-electron chi connectivity index (χ0n) is 21.6. The Labute approximate surface area is 212 Å². The molecule has 4 rings (SSSR count). The highest BCUT2D eigenvalue weighted by molar-refractivity contribution is 6.46. The van der Waals surface area contributed by atoms with Crippen LogP contribution in [0.3, 0.4) is 0 Å². The highest BCUT2D eigenvalue weighted by Crippen LogP contribution is 2.42. The number of methoxy groups -OCH3 is 1. The third-order valence-electron chi connectivity index (χ3n) is 6.73. The minimum Gasteiger partial charge on any atom is -0.507 e. The lowest BCUT2D eigenvalue weighted by molar-refractivity contribution is -0.140. The van der Waals surface area contributed by atoms with Crippen molar-refractivity contribution in [2.45, 2.75) is 52.6 Å². The van der Waals surface area contributed by atoms with E-state index in [1.807, 2.05) is 44.2 Å². The van der Waals surface area contributed by atoms with Gasteiger partial charge in [0.05, 0.1) is 24.3 Å². The van der Waals surface area contributed by atoms with E-state index in [0.29, 0.717) is 16.9 Å². The van der Waals surface area contributed by atoms with Crippen molar-refractivity contribution < 1.29 is 19.4 Å². The molecule has 186 valence electrons. The number of rotatable bonds is 5. The van der Waals surface area contributed by atoms with Gasteiger partial charge in [0.1, 0.15) is 11.5 Å². The molecule has 0 spiro atoms. The number of pyridine rings is 1. The number of aromatic nitrogens is 1. The van der Waals surface area contributed by atoms with Gasteiger partial charge in [0.25, 0.3) is 11.7 Å². The van der Waals surface area contributed by atoms with Crippen LogP contribution in [0.4, 0.5) is 0 Å². The maximum atomic E-state index is 13.5. The molecule has 1 atom stereocenters. The van der Waals surface area contributed by atoms with Gasteiger partial charge >= 0.3 is 0 Å². The summed E-state index contributed by atoms with van der Waals surface area (Å²) in [5, 5.41) is 11.6. The molecule has 1 N–H and O–H groups in total. The molecule has 1 fully saturated rings. The van der Waals surface area contributed by atoms with Crippen molar-refractivity contribution in [2.75, 3.05) is 7.11 Å². The number of hydrogen-bond acceptors (Lipinski definition) is 5.